The number of nitrogens with zero attached hydrogens (tertiary/aromatic N) is 7. The second-order valence-corrected chi connectivity index (χ2v) is 8.27. The molecule has 10 nitrogen and oxygen atoms in total. The van der Waals surface area contributed by atoms with Crippen molar-refractivity contribution < 1.29 is 9.34 Å². The summed E-state index contributed by atoms with van der Waals surface area (Å²) in [6, 6.07) is 6.24. The van der Waals surface area contributed by atoms with Crippen LogP contribution >= 0.6 is 11.8 Å². The average molecular weight is 446 g/mol. The number of nitro benzene ring substituents is 1. The molecule has 3 rings (SSSR count). The maximum atomic E-state index is 10.8. The minimum absolute atomic E-state index is 0.0179. The summed E-state index contributed by atoms with van der Waals surface area (Å²) in [5.74, 6) is 2.23. The van der Waals surface area contributed by atoms with Gasteiger partial charge in [-0.2, -0.15) is 0 Å². The van der Waals surface area contributed by atoms with Crippen molar-refractivity contribution >= 4 is 17.4 Å². The quantitative estimate of drug-likeness (QED) is 0.241. The van der Waals surface area contributed by atoms with E-state index in [-0.39, 0.29) is 11.7 Å². The van der Waals surface area contributed by atoms with Crippen LogP contribution in [-0.4, -0.2) is 48.9 Å². The van der Waals surface area contributed by atoms with E-state index in [2.05, 4.69) is 57.8 Å². The molecular formula is C20H27N7O3S. The second-order valence-electron chi connectivity index (χ2n) is 7.33. The van der Waals surface area contributed by atoms with Gasteiger partial charge in [0, 0.05) is 24.2 Å². The molecule has 0 saturated carbocycles. The maximum Gasteiger partial charge on any atom is 0.269 e. The molecule has 0 amide bonds. The summed E-state index contributed by atoms with van der Waals surface area (Å²) in [7, 11) is 4.11. The van der Waals surface area contributed by atoms with Gasteiger partial charge in [0.15, 0.2) is 11.0 Å². The van der Waals surface area contributed by atoms with Gasteiger partial charge in [0.2, 0.25) is 11.8 Å². The zero-order valence-corrected chi connectivity index (χ0v) is 19.0. The Labute approximate surface area is 185 Å². The van der Waals surface area contributed by atoms with Gasteiger partial charge in [-0.25, -0.2) is 0 Å². The van der Waals surface area contributed by atoms with Crippen LogP contribution in [0.5, 0.6) is 0 Å². The molecule has 2 heterocycles. The van der Waals surface area contributed by atoms with Gasteiger partial charge in [0.05, 0.1) is 16.7 Å². The van der Waals surface area contributed by atoms with Crippen molar-refractivity contribution in [3.63, 3.8) is 0 Å². The summed E-state index contributed by atoms with van der Waals surface area (Å²) in [6.45, 7) is 5.18. The lowest BCUT2D eigenvalue weighted by molar-refractivity contribution is -0.384. The lowest BCUT2D eigenvalue weighted by Crippen LogP contribution is -2.23. The van der Waals surface area contributed by atoms with Gasteiger partial charge in [0.25, 0.3) is 5.69 Å². The maximum absolute atomic E-state index is 10.8. The average Bonchev–Trinajstić information content (AvgIpc) is 3.38. The number of rotatable bonds is 11. The molecule has 0 fully saturated rings. The minimum Gasteiger partial charge on any atom is -0.420 e. The van der Waals surface area contributed by atoms with E-state index in [1.165, 1.54) is 23.9 Å². The van der Waals surface area contributed by atoms with Crippen LogP contribution in [0.25, 0.3) is 11.5 Å². The first-order valence-corrected chi connectivity index (χ1v) is 11.2. The molecule has 0 aliphatic rings. The predicted molar refractivity (Wildman–Crippen MR) is 118 cm³/mol. The van der Waals surface area contributed by atoms with Crippen LogP contribution in [0.2, 0.25) is 0 Å². The summed E-state index contributed by atoms with van der Waals surface area (Å²) < 4.78 is 7.94. The second kappa shape index (κ2) is 10.5. The molecule has 0 bridgehead atoms. The Bertz CT molecular complexity index is 1000. The van der Waals surface area contributed by atoms with Crippen LogP contribution in [0.3, 0.4) is 0 Å². The molecule has 2 aromatic heterocycles. The lowest BCUT2D eigenvalue weighted by Gasteiger charge is -2.23. The van der Waals surface area contributed by atoms with Crippen molar-refractivity contribution in [1.29, 1.82) is 0 Å². The molecule has 1 atom stereocenters. The number of non-ortho nitro benzene ring substituents is 1. The largest absolute Gasteiger partial charge is 0.420 e. The van der Waals surface area contributed by atoms with Gasteiger partial charge in [-0.05, 0) is 39.1 Å². The van der Waals surface area contributed by atoms with Crippen molar-refractivity contribution in [2.24, 2.45) is 0 Å². The van der Waals surface area contributed by atoms with E-state index in [4.69, 9.17) is 4.42 Å². The van der Waals surface area contributed by atoms with E-state index in [9.17, 15) is 10.1 Å². The van der Waals surface area contributed by atoms with Crippen LogP contribution in [0, 0.1) is 10.1 Å². The molecule has 0 aliphatic heterocycles. The van der Waals surface area contributed by atoms with Gasteiger partial charge in [0.1, 0.15) is 0 Å². The fourth-order valence-corrected chi connectivity index (χ4v) is 4.05. The number of nitro groups is 1. The third kappa shape index (κ3) is 5.47. The van der Waals surface area contributed by atoms with Crippen molar-refractivity contribution in [3.05, 3.63) is 46.1 Å². The molecule has 31 heavy (non-hydrogen) atoms. The number of hydrogen-bond donors (Lipinski definition) is 0. The van der Waals surface area contributed by atoms with Crippen LogP contribution in [0.15, 0.2) is 33.8 Å². The Morgan fingerprint density at radius 1 is 1.16 bits per heavy atom. The van der Waals surface area contributed by atoms with E-state index in [1.807, 2.05) is 0 Å². The van der Waals surface area contributed by atoms with Crippen molar-refractivity contribution in [2.75, 3.05) is 14.1 Å². The normalized spacial score (nSPS) is 12.4. The Hall–Kier alpha value is -2.79. The summed E-state index contributed by atoms with van der Waals surface area (Å²) in [6.07, 6.45) is 3.08. The number of benzene rings is 1. The Balaban J connectivity index is 1.74. The SMILES string of the molecule is CCCCn1c(SCc2nnc(-c3ccc([N+](=O)[O-])cc3)o2)nnc1C(CC)N(C)C. The Morgan fingerprint density at radius 3 is 2.52 bits per heavy atom. The highest BCUT2D eigenvalue weighted by Gasteiger charge is 2.22. The first-order chi connectivity index (χ1) is 14.9. The highest BCUT2D eigenvalue weighted by atomic mass is 32.2. The van der Waals surface area contributed by atoms with Gasteiger partial charge >= 0.3 is 0 Å². The molecule has 3 aromatic rings. The monoisotopic (exact) mass is 445 g/mol. The molecular weight excluding hydrogens is 418 g/mol. The molecule has 1 aromatic carbocycles. The van der Waals surface area contributed by atoms with Crippen molar-refractivity contribution in [3.8, 4) is 11.5 Å². The molecule has 0 N–H and O–H groups in total. The number of hydrogen-bond acceptors (Lipinski definition) is 9. The molecule has 0 radical (unpaired) electrons. The topological polar surface area (TPSA) is 116 Å². The zero-order chi connectivity index (χ0) is 22.4. The smallest absolute Gasteiger partial charge is 0.269 e. The lowest BCUT2D eigenvalue weighted by atomic mass is 10.2. The van der Waals surface area contributed by atoms with Gasteiger partial charge in [-0.3, -0.25) is 15.0 Å². The zero-order valence-electron chi connectivity index (χ0n) is 18.2. The third-order valence-corrected chi connectivity index (χ3v) is 5.86. The predicted octanol–water partition coefficient (Wildman–Crippen LogP) is 4.34. The van der Waals surface area contributed by atoms with Crippen molar-refractivity contribution in [2.45, 2.75) is 56.6 Å². The Kier molecular flexibility index (Phi) is 7.75. The molecule has 0 saturated heterocycles. The standard InChI is InChI=1S/C20H27N7O3S/c1-5-7-12-26-18(16(6-2)25(3)4)22-24-20(26)31-13-17-21-23-19(30-17)14-8-10-15(11-9-14)27(28)29/h8-11,16H,5-7,12-13H2,1-4H3. The summed E-state index contributed by atoms with van der Waals surface area (Å²) in [5.41, 5.74) is 0.656. The summed E-state index contributed by atoms with van der Waals surface area (Å²) in [5, 5.41) is 28.7. The van der Waals surface area contributed by atoms with E-state index in [0.29, 0.717) is 23.1 Å². The van der Waals surface area contributed by atoms with E-state index in [0.717, 1.165) is 36.8 Å². The highest BCUT2D eigenvalue weighted by molar-refractivity contribution is 7.98. The van der Waals surface area contributed by atoms with Crippen LogP contribution < -0.4 is 0 Å². The van der Waals surface area contributed by atoms with Gasteiger partial charge in [-0.15, -0.1) is 20.4 Å². The summed E-state index contributed by atoms with van der Waals surface area (Å²) >= 11 is 1.51. The van der Waals surface area contributed by atoms with Crippen LogP contribution in [0.4, 0.5) is 5.69 Å². The van der Waals surface area contributed by atoms with Crippen LogP contribution in [0.1, 0.15) is 50.9 Å². The molecule has 11 heteroatoms. The van der Waals surface area contributed by atoms with E-state index >= 15 is 0 Å². The first-order valence-electron chi connectivity index (χ1n) is 10.2. The van der Waals surface area contributed by atoms with Gasteiger partial charge < -0.3 is 8.98 Å². The van der Waals surface area contributed by atoms with Crippen LogP contribution in [-0.2, 0) is 12.3 Å². The number of aromatic nitrogens is 5. The Morgan fingerprint density at radius 2 is 1.90 bits per heavy atom. The number of thioether (sulfide) groups is 1. The fraction of sp³-hybridized carbons (Fsp3) is 0.500. The summed E-state index contributed by atoms with van der Waals surface area (Å²) in [4.78, 5) is 12.5. The van der Waals surface area contributed by atoms with E-state index < -0.39 is 4.92 Å². The van der Waals surface area contributed by atoms with E-state index in [1.54, 1.807) is 12.1 Å². The molecule has 0 spiro atoms. The molecule has 0 aliphatic carbocycles. The first kappa shape index (κ1) is 22.9. The molecule has 1 unspecified atom stereocenters. The van der Waals surface area contributed by atoms with Crippen molar-refractivity contribution in [1.82, 2.24) is 29.9 Å². The number of unbranched alkanes of at least 4 members (excludes halogenated alkanes) is 1. The fourth-order valence-electron chi connectivity index (χ4n) is 3.24. The third-order valence-electron chi connectivity index (χ3n) is 4.91. The highest BCUT2D eigenvalue weighted by Crippen LogP contribution is 2.28. The molecule has 166 valence electrons. The minimum atomic E-state index is -0.442. The van der Waals surface area contributed by atoms with Gasteiger partial charge in [-0.1, -0.05) is 32.0 Å².